The minimum absolute atomic E-state index is 0.319. The fourth-order valence-corrected chi connectivity index (χ4v) is 1.74. The van der Waals surface area contributed by atoms with Crippen molar-refractivity contribution in [3.63, 3.8) is 0 Å². The Bertz CT molecular complexity index is 633. The third-order valence-corrected chi connectivity index (χ3v) is 2.68. The normalized spacial score (nSPS) is 9.68. The number of hydrogen-bond acceptors (Lipinski definition) is 6. The lowest BCUT2D eigenvalue weighted by atomic mass is 10.3. The largest absolute Gasteiger partial charge is 0.341 e. The summed E-state index contributed by atoms with van der Waals surface area (Å²) in [6.45, 7) is 0. The zero-order valence-corrected chi connectivity index (χ0v) is 10.7. The third kappa shape index (κ3) is 2.99. The predicted molar refractivity (Wildman–Crippen MR) is 68.7 cm³/mol. The van der Waals surface area contributed by atoms with Crippen molar-refractivity contribution in [3.05, 3.63) is 24.3 Å². The van der Waals surface area contributed by atoms with Crippen molar-refractivity contribution in [2.24, 2.45) is 0 Å². The smallest absolute Gasteiger partial charge is 0.318 e. The van der Waals surface area contributed by atoms with Gasteiger partial charge in [-0.2, -0.15) is 9.94 Å². The number of nitrogens with zero attached hydrogens (tertiary/aromatic N) is 5. The SMILES string of the molecule is CNC(=O)Nc1cccc(-n2nnnc2SC#N)c1. The first kappa shape index (κ1) is 12.8. The van der Waals surface area contributed by atoms with Crippen LogP contribution in [-0.4, -0.2) is 33.3 Å². The predicted octanol–water partition coefficient (Wildman–Crippen LogP) is 0.987. The van der Waals surface area contributed by atoms with Gasteiger partial charge in [0.05, 0.1) is 5.69 Å². The molecule has 0 atom stereocenters. The van der Waals surface area contributed by atoms with Gasteiger partial charge in [0.25, 0.3) is 0 Å². The summed E-state index contributed by atoms with van der Waals surface area (Å²) in [5, 5.41) is 27.1. The molecule has 1 aromatic carbocycles. The number of hydrogen-bond donors (Lipinski definition) is 2. The van der Waals surface area contributed by atoms with Gasteiger partial charge in [0.2, 0.25) is 5.16 Å². The van der Waals surface area contributed by atoms with E-state index in [0.29, 0.717) is 16.5 Å². The Morgan fingerprint density at radius 3 is 3.11 bits per heavy atom. The molecule has 0 radical (unpaired) electrons. The molecule has 1 heterocycles. The van der Waals surface area contributed by atoms with Gasteiger partial charge in [0.15, 0.2) is 0 Å². The average Bonchev–Trinajstić information content (AvgIpc) is 2.87. The van der Waals surface area contributed by atoms with Gasteiger partial charge < -0.3 is 10.6 Å². The molecule has 96 valence electrons. The number of rotatable bonds is 3. The Hall–Kier alpha value is -2.60. The number of thioether (sulfide) groups is 1. The van der Waals surface area contributed by atoms with Crippen LogP contribution in [0.15, 0.2) is 29.4 Å². The Balaban J connectivity index is 2.30. The molecule has 0 bridgehead atoms. The lowest BCUT2D eigenvalue weighted by Crippen LogP contribution is -2.24. The summed E-state index contributed by atoms with van der Waals surface area (Å²) in [6, 6.07) is 6.64. The number of benzene rings is 1. The molecule has 0 aliphatic rings. The minimum atomic E-state index is -0.319. The number of aromatic nitrogens is 4. The van der Waals surface area contributed by atoms with Gasteiger partial charge in [-0.05, 0) is 28.6 Å². The van der Waals surface area contributed by atoms with Gasteiger partial charge in [0.1, 0.15) is 5.40 Å². The monoisotopic (exact) mass is 275 g/mol. The molecule has 19 heavy (non-hydrogen) atoms. The van der Waals surface area contributed by atoms with Crippen molar-refractivity contribution in [1.29, 1.82) is 5.26 Å². The molecule has 2 amide bonds. The highest BCUT2D eigenvalue weighted by Crippen LogP contribution is 2.19. The number of carbonyl (C=O) groups is 1. The molecule has 2 rings (SSSR count). The molecule has 2 aromatic rings. The van der Waals surface area contributed by atoms with Crippen LogP contribution in [0.1, 0.15) is 0 Å². The number of anilines is 1. The van der Waals surface area contributed by atoms with E-state index < -0.39 is 0 Å². The second-order valence-electron chi connectivity index (χ2n) is 3.32. The van der Waals surface area contributed by atoms with Crippen LogP contribution in [0.2, 0.25) is 0 Å². The van der Waals surface area contributed by atoms with Crippen molar-refractivity contribution in [2.45, 2.75) is 5.16 Å². The third-order valence-electron chi connectivity index (χ3n) is 2.15. The number of nitrogens with one attached hydrogen (secondary N) is 2. The highest BCUT2D eigenvalue weighted by molar-refractivity contribution is 8.03. The lowest BCUT2D eigenvalue weighted by molar-refractivity contribution is 0.254. The van der Waals surface area contributed by atoms with Crippen LogP contribution in [0.4, 0.5) is 10.5 Å². The topological polar surface area (TPSA) is 109 Å². The number of thiocyanates is 1. The highest BCUT2D eigenvalue weighted by Gasteiger charge is 2.09. The summed E-state index contributed by atoms with van der Waals surface area (Å²) in [5.41, 5.74) is 1.25. The Labute approximate surface area is 112 Å². The number of tetrazole rings is 1. The summed E-state index contributed by atoms with van der Waals surface area (Å²) in [5.74, 6) is 0. The molecule has 9 heteroatoms. The zero-order chi connectivity index (χ0) is 13.7. The quantitative estimate of drug-likeness (QED) is 0.638. The van der Waals surface area contributed by atoms with Crippen LogP contribution in [0, 0.1) is 10.7 Å². The van der Waals surface area contributed by atoms with Gasteiger partial charge in [0, 0.05) is 24.5 Å². The second kappa shape index (κ2) is 5.83. The van der Waals surface area contributed by atoms with E-state index >= 15 is 0 Å². The standard InChI is InChI=1S/C10H9N7OS/c1-12-9(18)13-7-3-2-4-8(5-7)17-10(19-6-11)14-15-16-17/h2-5H,1H3,(H2,12,13,18). The fraction of sp³-hybridized carbons (Fsp3) is 0.100. The maximum atomic E-state index is 11.2. The van der Waals surface area contributed by atoms with Crippen LogP contribution in [0.5, 0.6) is 0 Å². The number of amides is 2. The van der Waals surface area contributed by atoms with E-state index in [0.717, 1.165) is 11.8 Å². The van der Waals surface area contributed by atoms with Gasteiger partial charge in [-0.25, -0.2) is 4.79 Å². The summed E-state index contributed by atoms with van der Waals surface area (Å²) in [7, 11) is 1.53. The van der Waals surface area contributed by atoms with E-state index in [1.165, 1.54) is 11.7 Å². The first-order valence-electron chi connectivity index (χ1n) is 5.18. The summed E-state index contributed by atoms with van der Waals surface area (Å²) < 4.78 is 1.42. The molecule has 0 unspecified atom stereocenters. The van der Waals surface area contributed by atoms with Gasteiger partial charge in [-0.15, -0.1) is 5.10 Å². The average molecular weight is 275 g/mol. The van der Waals surface area contributed by atoms with Crippen molar-refractivity contribution >= 4 is 23.5 Å². The van der Waals surface area contributed by atoms with Crippen molar-refractivity contribution < 1.29 is 4.79 Å². The van der Waals surface area contributed by atoms with Crippen LogP contribution in [-0.2, 0) is 0 Å². The van der Waals surface area contributed by atoms with E-state index in [1.807, 2.05) is 5.40 Å². The minimum Gasteiger partial charge on any atom is -0.341 e. The molecular weight excluding hydrogens is 266 g/mol. The van der Waals surface area contributed by atoms with Crippen LogP contribution in [0.25, 0.3) is 5.69 Å². The second-order valence-corrected chi connectivity index (χ2v) is 4.07. The van der Waals surface area contributed by atoms with Crippen molar-refractivity contribution in [2.75, 3.05) is 12.4 Å². The van der Waals surface area contributed by atoms with E-state index in [9.17, 15) is 4.79 Å². The first-order valence-corrected chi connectivity index (χ1v) is 5.99. The molecule has 0 aliphatic carbocycles. The van der Waals surface area contributed by atoms with Crippen LogP contribution in [0.3, 0.4) is 0 Å². The molecule has 0 aliphatic heterocycles. The number of carbonyl (C=O) groups excluding carboxylic acids is 1. The molecule has 8 nitrogen and oxygen atoms in total. The first-order chi connectivity index (χ1) is 9.24. The lowest BCUT2D eigenvalue weighted by Gasteiger charge is -2.06. The fourth-order valence-electron chi connectivity index (χ4n) is 1.35. The number of nitriles is 1. The molecular formula is C10H9N7OS. The Morgan fingerprint density at radius 1 is 1.53 bits per heavy atom. The van der Waals surface area contributed by atoms with Crippen LogP contribution < -0.4 is 10.6 Å². The van der Waals surface area contributed by atoms with E-state index in [2.05, 4.69) is 26.2 Å². The van der Waals surface area contributed by atoms with Crippen molar-refractivity contribution in [3.8, 4) is 11.1 Å². The molecule has 0 spiro atoms. The highest BCUT2D eigenvalue weighted by atomic mass is 32.2. The Kier molecular flexibility index (Phi) is 3.94. The maximum absolute atomic E-state index is 11.2. The van der Waals surface area contributed by atoms with Gasteiger partial charge in [-0.3, -0.25) is 0 Å². The van der Waals surface area contributed by atoms with E-state index in [1.54, 1.807) is 24.3 Å². The van der Waals surface area contributed by atoms with Gasteiger partial charge >= 0.3 is 6.03 Å². The molecule has 1 aromatic heterocycles. The van der Waals surface area contributed by atoms with E-state index in [4.69, 9.17) is 5.26 Å². The molecule has 0 saturated heterocycles. The van der Waals surface area contributed by atoms with Gasteiger partial charge in [-0.1, -0.05) is 6.07 Å². The van der Waals surface area contributed by atoms with Crippen LogP contribution >= 0.6 is 11.8 Å². The van der Waals surface area contributed by atoms with E-state index in [-0.39, 0.29) is 6.03 Å². The molecule has 2 N–H and O–H groups in total. The van der Waals surface area contributed by atoms with Crippen molar-refractivity contribution in [1.82, 2.24) is 25.5 Å². The number of urea groups is 1. The maximum Gasteiger partial charge on any atom is 0.318 e. The molecule has 0 fully saturated rings. The summed E-state index contributed by atoms with van der Waals surface area (Å²) in [4.78, 5) is 11.2. The zero-order valence-electron chi connectivity index (χ0n) is 9.86. The summed E-state index contributed by atoms with van der Waals surface area (Å²) >= 11 is 0.860. The molecule has 0 saturated carbocycles. The summed E-state index contributed by atoms with van der Waals surface area (Å²) in [6.07, 6.45) is 0. The Morgan fingerprint density at radius 2 is 2.37 bits per heavy atom.